The van der Waals surface area contributed by atoms with Crippen molar-refractivity contribution in [3.05, 3.63) is 16.9 Å². The van der Waals surface area contributed by atoms with E-state index in [1.807, 2.05) is 4.90 Å². The second-order valence-corrected chi connectivity index (χ2v) is 5.75. The van der Waals surface area contributed by atoms with Gasteiger partial charge in [-0.2, -0.15) is 5.10 Å². The van der Waals surface area contributed by atoms with Crippen LogP contribution in [0.25, 0.3) is 0 Å². The van der Waals surface area contributed by atoms with Gasteiger partial charge in [-0.3, -0.25) is 14.3 Å². The lowest BCUT2D eigenvalue weighted by Gasteiger charge is -2.20. The van der Waals surface area contributed by atoms with Crippen LogP contribution in [0.2, 0.25) is 5.02 Å². The Kier molecular flexibility index (Phi) is 5.22. The maximum Gasteiger partial charge on any atom is 0.271 e. The van der Waals surface area contributed by atoms with Crippen LogP contribution in [0.15, 0.2) is 6.20 Å². The fourth-order valence-electron chi connectivity index (χ4n) is 2.61. The van der Waals surface area contributed by atoms with Crippen molar-refractivity contribution in [2.75, 3.05) is 13.1 Å². The highest BCUT2D eigenvalue weighted by molar-refractivity contribution is 6.33. The van der Waals surface area contributed by atoms with Crippen molar-refractivity contribution in [2.45, 2.75) is 38.6 Å². The van der Waals surface area contributed by atoms with Crippen molar-refractivity contribution in [1.29, 1.82) is 0 Å². The standard InChI is InChI=1S/C14H21ClN4O2/c1-3-7-19-8-6-10(4-5-12(19)20)17-14(21)13-11(15)9-16-18(13)2/h9-10H,3-8H2,1-2H3,(H,17,21). The van der Waals surface area contributed by atoms with Crippen molar-refractivity contribution >= 4 is 23.4 Å². The zero-order valence-electron chi connectivity index (χ0n) is 12.4. The van der Waals surface area contributed by atoms with Crippen molar-refractivity contribution in [3.63, 3.8) is 0 Å². The number of hydrogen-bond donors (Lipinski definition) is 1. The number of likely N-dealkylation sites (tertiary alicyclic amines) is 1. The molecule has 1 N–H and O–H groups in total. The van der Waals surface area contributed by atoms with Crippen molar-refractivity contribution in [1.82, 2.24) is 20.0 Å². The Labute approximate surface area is 129 Å². The minimum absolute atomic E-state index is 0.00530. The average Bonchev–Trinajstić information content (AvgIpc) is 2.69. The highest BCUT2D eigenvalue weighted by Crippen LogP contribution is 2.16. The van der Waals surface area contributed by atoms with Crippen molar-refractivity contribution < 1.29 is 9.59 Å². The lowest BCUT2D eigenvalue weighted by atomic mass is 10.1. The number of rotatable bonds is 4. The third-order valence-electron chi connectivity index (χ3n) is 3.74. The molecule has 1 aromatic heterocycles. The van der Waals surface area contributed by atoms with E-state index >= 15 is 0 Å². The topological polar surface area (TPSA) is 67.2 Å². The van der Waals surface area contributed by atoms with Gasteiger partial charge in [-0.1, -0.05) is 18.5 Å². The lowest BCUT2D eigenvalue weighted by molar-refractivity contribution is -0.130. The Morgan fingerprint density at radius 2 is 2.29 bits per heavy atom. The Morgan fingerprint density at radius 3 is 2.90 bits per heavy atom. The van der Waals surface area contributed by atoms with Crippen LogP contribution in [-0.2, 0) is 11.8 Å². The number of carbonyl (C=O) groups is 2. The van der Waals surface area contributed by atoms with E-state index in [4.69, 9.17) is 11.6 Å². The van der Waals surface area contributed by atoms with Gasteiger partial charge in [0.25, 0.3) is 5.91 Å². The molecule has 1 saturated heterocycles. The minimum Gasteiger partial charge on any atom is -0.348 e. The number of aryl methyl sites for hydroxylation is 1. The molecule has 0 aromatic carbocycles. The number of nitrogens with zero attached hydrogens (tertiary/aromatic N) is 3. The summed E-state index contributed by atoms with van der Waals surface area (Å²) in [4.78, 5) is 26.1. The summed E-state index contributed by atoms with van der Waals surface area (Å²) in [5.41, 5.74) is 0.359. The molecule has 116 valence electrons. The molecule has 0 bridgehead atoms. The van der Waals surface area contributed by atoms with E-state index in [-0.39, 0.29) is 17.9 Å². The van der Waals surface area contributed by atoms with Crippen molar-refractivity contribution in [3.8, 4) is 0 Å². The molecule has 1 fully saturated rings. The molecule has 1 aliphatic heterocycles. The fourth-order valence-corrected chi connectivity index (χ4v) is 2.86. The zero-order chi connectivity index (χ0) is 15.4. The molecule has 6 nitrogen and oxygen atoms in total. The van der Waals surface area contributed by atoms with E-state index in [1.54, 1.807) is 7.05 Å². The summed E-state index contributed by atoms with van der Waals surface area (Å²) in [5.74, 6) is -0.0615. The highest BCUT2D eigenvalue weighted by Gasteiger charge is 2.24. The first kappa shape index (κ1) is 15.8. The molecule has 2 rings (SSSR count). The van der Waals surface area contributed by atoms with Gasteiger partial charge in [-0.15, -0.1) is 0 Å². The number of halogens is 1. The van der Waals surface area contributed by atoms with Gasteiger partial charge < -0.3 is 10.2 Å². The van der Waals surface area contributed by atoms with Crippen LogP contribution in [0.4, 0.5) is 0 Å². The average molecular weight is 313 g/mol. The first-order chi connectivity index (χ1) is 10.0. The smallest absolute Gasteiger partial charge is 0.271 e. The first-order valence-electron chi connectivity index (χ1n) is 7.29. The van der Waals surface area contributed by atoms with Gasteiger partial charge in [0.2, 0.25) is 5.91 Å². The van der Waals surface area contributed by atoms with Crippen LogP contribution in [0.5, 0.6) is 0 Å². The molecule has 7 heteroatoms. The second-order valence-electron chi connectivity index (χ2n) is 5.34. The van der Waals surface area contributed by atoms with Gasteiger partial charge in [0.15, 0.2) is 0 Å². The van der Waals surface area contributed by atoms with Crippen LogP contribution in [0.3, 0.4) is 0 Å². The van der Waals surface area contributed by atoms with E-state index in [1.165, 1.54) is 10.9 Å². The SMILES string of the molecule is CCCN1CCC(NC(=O)c2c(Cl)cnn2C)CCC1=O. The second kappa shape index (κ2) is 6.93. The molecule has 1 atom stereocenters. The van der Waals surface area contributed by atoms with Crippen molar-refractivity contribution in [2.24, 2.45) is 7.05 Å². The third kappa shape index (κ3) is 3.75. The molecule has 0 aliphatic carbocycles. The van der Waals surface area contributed by atoms with Crippen LogP contribution in [0.1, 0.15) is 43.1 Å². The Hall–Kier alpha value is -1.56. The summed E-state index contributed by atoms with van der Waals surface area (Å²) < 4.78 is 1.46. The number of hydrogen-bond acceptors (Lipinski definition) is 3. The molecular weight excluding hydrogens is 292 g/mol. The lowest BCUT2D eigenvalue weighted by Crippen LogP contribution is -2.37. The summed E-state index contributed by atoms with van der Waals surface area (Å²) in [6, 6.07) is -0.00530. The monoisotopic (exact) mass is 312 g/mol. The van der Waals surface area contributed by atoms with Gasteiger partial charge in [0.1, 0.15) is 5.69 Å². The Morgan fingerprint density at radius 1 is 1.52 bits per heavy atom. The van der Waals surface area contributed by atoms with Gasteiger partial charge >= 0.3 is 0 Å². The molecule has 0 saturated carbocycles. The number of nitrogens with one attached hydrogen (secondary N) is 1. The summed E-state index contributed by atoms with van der Waals surface area (Å²) in [6.07, 6.45) is 4.32. The van der Waals surface area contributed by atoms with E-state index < -0.39 is 0 Å². The molecule has 21 heavy (non-hydrogen) atoms. The number of amides is 2. The summed E-state index contributed by atoms with van der Waals surface area (Å²) in [5, 5.41) is 7.26. The molecule has 1 aromatic rings. The zero-order valence-corrected chi connectivity index (χ0v) is 13.2. The summed E-state index contributed by atoms with van der Waals surface area (Å²) >= 11 is 5.97. The normalized spacial score (nSPS) is 19.5. The van der Waals surface area contributed by atoms with E-state index in [0.717, 1.165) is 19.4 Å². The Balaban J connectivity index is 1.97. The molecule has 0 radical (unpaired) electrons. The maximum absolute atomic E-state index is 12.3. The van der Waals surface area contributed by atoms with E-state index in [9.17, 15) is 9.59 Å². The van der Waals surface area contributed by atoms with Crippen LogP contribution < -0.4 is 5.32 Å². The summed E-state index contributed by atoms with van der Waals surface area (Å²) in [6.45, 7) is 3.53. The molecule has 2 heterocycles. The van der Waals surface area contributed by atoms with Gasteiger partial charge in [0, 0.05) is 32.6 Å². The van der Waals surface area contributed by atoms with E-state index in [2.05, 4.69) is 17.3 Å². The maximum atomic E-state index is 12.3. The van der Waals surface area contributed by atoms with Gasteiger partial charge in [-0.25, -0.2) is 0 Å². The fraction of sp³-hybridized carbons (Fsp3) is 0.643. The third-order valence-corrected chi connectivity index (χ3v) is 4.02. The van der Waals surface area contributed by atoms with Crippen LogP contribution in [0, 0.1) is 0 Å². The largest absolute Gasteiger partial charge is 0.348 e. The minimum atomic E-state index is -0.235. The van der Waals surface area contributed by atoms with E-state index in [0.29, 0.717) is 30.1 Å². The molecule has 1 aliphatic rings. The molecule has 1 unspecified atom stereocenters. The number of carbonyl (C=O) groups excluding carboxylic acids is 2. The van der Waals surface area contributed by atoms with Gasteiger partial charge in [0.05, 0.1) is 11.2 Å². The van der Waals surface area contributed by atoms with Crippen LogP contribution >= 0.6 is 11.6 Å². The molecular formula is C14H21ClN4O2. The van der Waals surface area contributed by atoms with Crippen LogP contribution in [-0.4, -0.2) is 45.6 Å². The highest BCUT2D eigenvalue weighted by atomic mass is 35.5. The quantitative estimate of drug-likeness (QED) is 0.918. The summed E-state index contributed by atoms with van der Waals surface area (Å²) in [7, 11) is 1.68. The number of aromatic nitrogens is 2. The predicted molar refractivity (Wildman–Crippen MR) is 80.2 cm³/mol. The predicted octanol–water partition coefficient (Wildman–Crippen LogP) is 1.59. The molecule has 0 spiro atoms. The molecule has 2 amide bonds. The Bertz CT molecular complexity index is 510. The first-order valence-corrected chi connectivity index (χ1v) is 7.66. The van der Waals surface area contributed by atoms with Gasteiger partial charge in [-0.05, 0) is 19.3 Å².